The zero-order chi connectivity index (χ0) is 11.1. The summed E-state index contributed by atoms with van der Waals surface area (Å²) in [6, 6.07) is 0. The summed E-state index contributed by atoms with van der Waals surface area (Å²) in [6.07, 6.45) is 4.52. The molecule has 88 valence electrons. The number of esters is 1. The van der Waals surface area contributed by atoms with E-state index in [1.54, 1.807) is 11.8 Å². The summed E-state index contributed by atoms with van der Waals surface area (Å²) in [6.45, 7) is 2.96. The molecule has 0 aromatic rings. The molecule has 0 bridgehead atoms. The number of carbonyl (C=O) groups excluding carboxylic acids is 1. The fourth-order valence-corrected chi connectivity index (χ4v) is 2.65. The van der Waals surface area contributed by atoms with Crippen molar-refractivity contribution in [2.24, 2.45) is 0 Å². The maximum Gasteiger partial charge on any atom is 0.306 e. The molecule has 1 aliphatic rings. The van der Waals surface area contributed by atoms with Crippen LogP contribution in [0.25, 0.3) is 0 Å². The highest BCUT2D eigenvalue weighted by molar-refractivity contribution is 7.99. The molecule has 1 heterocycles. The van der Waals surface area contributed by atoms with Gasteiger partial charge in [0.25, 0.3) is 0 Å². The third kappa shape index (κ3) is 5.42. The predicted octanol–water partition coefficient (Wildman–Crippen LogP) is 2.24. The van der Waals surface area contributed by atoms with E-state index in [1.807, 2.05) is 0 Å². The van der Waals surface area contributed by atoms with E-state index in [0.717, 1.165) is 18.8 Å². The van der Waals surface area contributed by atoms with Gasteiger partial charge >= 0.3 is 5.97 Å². The van der Waals surface area contributed by atoms with Gasteiger partial charge in [-0.15, -0.1) is 0 Å². The molecular formula is C11H20O3S. The van der Waals surface area contributed by atoms with Crippen LogP contribution in [-0.2, 0) is 14.3 Å². The molecule has 4 heteroatoms. The number of hydrogen-bond acceptors (Lipinski definition) is 4. The highest BCUT2D eigenvalue weighted by Crippen LogP contribution is 2.21. The molecule has 1 rings (SSSR count). The van der Waals surface area contributed by atoms with E-state index in [0.29, 0.717) is 17.8 Å². The Morgan fingerprint density at radius 3 is 3.00 bits per heavy atom. The third-order valence-corrected chi connectivity index (χ3v) is 3.82. The summed E-state index contributed by atoms with van der Waals surface area (Å²) in [5.41, 5.74) is 0. The second-order valence-electron chi connectivity index (χ2n) is 3.91. The fourth-order valence-electron chi connectivity index (χ4n) is 1.59. The van der Waals surface area contributed by atoms with Gasteiger partial charge in [-0.05, 0) is 19.3 Å². The van der Waals surface area contributed by atoms with E-state index >= 15 is 0 Å². The Morgan fingerprint density at radius 2 is 2.40 bits per heavy atom. The van der Waals surface area contributed by atoms with Crippen molar-refractivity contribution in [3.05, 3.63) is 0 Å². The number of thioether (sulfide) groups is 1. The van der Waals surface area contributed by atoms with Crippen LogP contribution in [0.4, 0.5) is 0 Å². The molecule has 0 radical (unpaired) electrons. The van der Waals surface area contributed by atoms with E-state index in [4.69, 9.17) is 4.74 Å². The Kier molecular flexibility index (Phi) is 6.10. The molecule has 2 atom stereocenters. The molecule has 1 fully saturated rings. The first kappa shape index (κ1) is 12.8. The standard InChI is InChI=1S/C11H20O3S/c1-9(7-11(12)13-2)15-8-10-5-3-4-6-14-10/h9-10H,3-8H2,1-2H3. The van der Waals surface area contributed by atoms with E-state index < -0.39 is 0 Å². The van der Waals surface area contributed by atoms with Crippen molar-refractivity contribution in [3.8, 4) is 0 Å². The van der Waals surface area contributed by atoms with Crippen molar-refractivity contribution >= 4 is 17.7 Å². The molecule has 0 N–H and O–H groups in total. The van der Waals surface area contributed by atoms with Gasteiger partial charge in [-0.2, -0.15) is 11.8 Å². The Morgan fingerprint density at radius 1 is 1.60 bits per heavy atom. The van der Waals surface area contributed by atoms with Gasteiger partial charge in [0, 0.05) is 17.6 Å². The SMILES string of the molecule is COC(=O)CC(C)SCC1CCCCO1. The van der Waals surface area contributed by atoms with Gasteiger partial charge < -0.3 is 9.47 Å². The van der Waals surface area contributed by atoms with Crippen LogP contribution < -0.4 is 0 Å². The normalized spacial score (nSPS) is 23.5. The van der Waals surface area contributed by atoms with Gasteiger partial charge in [0.1, 0.15) is 0 Å². The van der Waals surface area contributed by atoms with Crippen LogP contribution >= 0.6 is 11.8 Å². The van der Waals surface area contributed by atoms with Crippen LogP contribution in [0.1, 0.15) is 32.6 Å². The first-order valence-electron chi connectivity index (χ1n) is 5.52. The quantitative estimate of drug-likeness (QED) is 0.681. The number of ether oxygens (including phenoxy) is 2. The van der Waals surface area contributed by atoms with Crippen LogP contribution in [0.15, 0.2) is 0 Å². The average molecular weight is 232 g/mol. The van der Waals surface area contributed by atoms with Gasteiger partial charge in [-0.25, -0.2) is 0 Å². The molecule has 0 saturated carbocycles. The minimum atomic E-state index is -0.125. The second-order valence-corrected chi connectivity index (χ2v) is 5.38. The van der Waals surface area contributed by atoms with Crippen molar-refractivity contribution in [1.82, 2.24) is 0 Å². The summed E-state index contributed by atoms with van der Waals surface area (Å²) in [5.74, 6) is 0.873. The number of methoxy groups -OCH3 is 1. The van der Waals surface area contributed by atoms with E-state index in [2.05, 4.69) is 11.7 Å². The van der Waals surface area contributed by atoms with Gasteiger partial charge in [0.2, 0.25) is 0 Å². The van der Waals surface area contributed by atoms with Crippen molar-refractivity contribution in [2.45, 2.75) is 44.0 Å². The molecule has 1 aliphatic heterocycles. The predicted molar refractivity (Wildman–Crippen MR) is 62.1 cm³/mol. The maximum atomic E-state index is 11.0. The molecule has 0 aromatic carbocycles. The summed E-state index contributed by atoms with van der Waals surface area (Å²) in [7, 11) is 1.43. The van der Waals surface area contributed by atoms with Crippen molar-refractivity contribution in [2.75, 3.05) is 19.5 Å². The first-order chi connectivity index (χ1) is 7.22. The van der Waals surface area contributed by atoms with Crippen molar-refractivity contribution < 1.29 is 14.3 Å². The first-order valence-corrected chi connectivity index (χ1v) is 6.57. The third-order valence-electron chi connectivity index (χ3n) is 2.52. The van der Waals surface area contributed by atoms with Crippen LogP contribution in [0.5, 0.6) is 0 Å². The smallest absolute Gasteiger partial charge is 0.306 e. The van der Waals surface area contributed by atoms with Gasteiger partial charge in [0.05, 0.1) is 19.6 Å². The lowest BCUT2D eigenvalue weighted by molar-refractivity contribution is -0.140. The van der Waals surface area contributed by atoms with Crippen LogP contribution in [0.3, 0.4) is 0 Å². The average Bonchev–Trinajstić information content (AvgIpc) is 2.27. The van der Waals surface area contributed by atoms with E-state index in [1.165, 1.54) is 20.0 Å². The summed E-state index contributed by atoms with van der Waals surface area (Å²) in [4.78, 5) is 11.0. The minimum Gasteiger partial charge on any atom is -0.469 e. The van der Waals surface area contributed by atoms with Crippen molar-refractivity contribution in [1.29, 1.82) is 0 Å². The molecule has 0 amide bonds. The molecule has 15 heavy (non-hydrogen) atoms. The van der Waals surface area contributed by atoms with Crippen LogP contribution in [0.2, 0.25) is 0 Å². The molecule has 0 aromatic heterocycles. The van der Waals surface area contributed by atoms with E-state index in [-0.39, 0.29) is 5.97 Å². The Bertz CT molecular complexity index is 190. The van der Waals surface area contributed by atoms with Crippen molar-refractivity contribution in [3.63, 3.8) is 0 Å². The largest absolute Gasteiger partial charge is 0.469 e. The molecule has 3 nitrogen and oxygen atoms in total. The number of hydrogen-bond donors (Lipinski definition) is 0. The Labute approximate surface area is 95.9 Å². The summed E-state index contributed by atoms with van der Waals surface area (Å²) in [5, 5.41) is 0.322. The van der Waals surface area contributed by atoms with E-state index in [9.17, 15) is 4.79 Å². The zero-order valence-corrected chi connectivity index (χ0v) is 10.3. The van der Waals surface area contributed by atoms with Gasteiger partial charge in [-0.3, -0.25) is 4.79 Å². The summed E-state index contributed by atoms with van der Waals surface area (Å²) >= 11 is 1.80. The fraction of sp³-hybridized carbons (Fsp3) is 0.909. The Balaban J connectivity index is 2.09. The number of rotatable bonds is 5. The highest BCUT2D eigenvalue weighted by atomic mass is 32.2. The molecule has 0 spiro atoms. The molecular weight excluding hydrogens is 212 g/mol. The molecule has 2 unspecified atom stereocenters. The number of carbonyl (C=O) groups is 1. The monoisotopic (exact) mass is 232 g/mol. The highest BCUT2D eigenvalue weighted by Gasteiger charge is 2.16. The molecule has 1 saturated heterocycles. The minimum absolute atomic E-state index is 0.125. The maximum absolute atomic E-state index is 11.0. The van der Waals surface area contributed by atoms with Gasteiger partial charge in [-0.1, -0.05) is 6.92 Å². The zero-order valence-electron chi connectivity index (χ0n) is 9.53. The summed E-state index contributed by atoms with van der Waals surface area (Å²) < 4.78 is 10.3. The lowest BCUT2D eigenvalue weighted by Gasteiger charge is -2.23. The Hall–Kier alpha value is -0.220. The molecule has 0 aliphatic carbocycles. The lowest BCUT2D eigenvalue weighted by Crippen LogP contribution is -2.22. The van der Waals surface area contributed by atoms with Gasteiger partial charge in [0.15, 0.2) is 0 Å². The lowest BCUT2D eigenvalue weighted by atomic mass is 10.1. The van der Waals surface area contributed by atoms with Crippen LogP contribution in [-0.4, -0.2) is 36.8 Å². The van der Waals surface area contributed by atoms with Crippen LogP contribution in [0, 0.1) is 0 Å². The topological polar surface area (TPSA) is 35.5 Å². The second kappa shape index (κ2) is 7.12.